The lowest BCUT2D eigenvalue weighted by atomic mass is 10.2. The Labute approximate surface area is 82.7 Å². The van der Waals surface area contributed by atoms with Gasteiger partial charge < -0.3 is 14.9 Å². The summed E-state index contributed by atoms with van der Waals surface area (Å²) in [7, 11) is 0. The van der Waals surface area contributed by atoms with E-state index >= 15 is 0 Å². The molecule has 0 bridgehead atoms. The molecule has 0 atom stereocenters. The van der Waals surface area contributed by atoms with E-state index in [0.29, 0.717) is 3.95 Å². The van der Waals surface area contributed by atoms with Crippen LogP contribution in [0.4, 0.5) is 0 Å². The molecule has 13 heavy (non-hydrogen) atoms. The highest BCUT2D eigenvalue weighted by atomic mass is 32.1. The number of carbonyl (C=O) groups is 1. The van der Waals surface area contributed by atoms with Crippen LogP contribution in [0.15, 0.2) is 18.2 Å². The maximum atomic E-state index is 10.5. The molecule has 3 nitrogen and oxygen atoms in total. The maximum absolute atomic E-state index is 10.5. The monoisotopic (exact) mass is 210 g/mol. The van der Waals surface area contributed by atoms with Gasteiger partial charge in [-0.3, -0.25) is 0 Å². The molecule has 0 saturated heterocycles. The average Bonchev–Trinajstić information content (AvgIpc) is 2.42. The van der Waals surface area contributed by atoms with E-state index in [0.717, 1.165) is 10.2 Å². The minimum atomic E-state index is -1.17. The maximum Gasteiger partial charge on any atom is 0.159 e. The average molecular weight is 210 g/mol. The second-order valence-corrected chi connectivity index (χ2v) is 4.23. The largest absolute Gasteiger partial charge is 0.545 e. The summed E-state index contributed by atoms with van der Waals surface area (Å²) in [5.74, 6) is -1.17. The van der Waals surface area contributed by atoms with Gasteiger partial charge in [0.25, 0.3) is 0 Å². The molecular weight excluding hydrogens is 206 g/mol. The third-order valence-corrected chi connectivity index (χ3v) is 2.85. The molecule has 0 unspecified atom stereocenters. The number of carboxylic acid groups (broad SMARTS) is 1. The molecule has 2 rings (SSSR count). The molecule has 66 valence electrons. The van der Waals surface area contributed by atoms with Crippen molar-refractivity contribution < 1.29 is 9.90 Å². The predicted molar refractivity (Wildman–Crippen MR) is 51.3 cm³/mol. The zero-order chi connectivity index (χ0) is 9.42. The van der Waals surface area contributed by atoms with Gasteiger partial charge in [-0.15, -0.1) is 11.3 Å². The Bertz CT molecular complexity index is 526. The number of benzene rings is 1. The standard InChI is InChI=1S/C8H5NO2S2/c10-7(11)4-1-2-5-6(3-4)13-8(12)9-5/h1-3H,(H,9,12)(H,10,11)/p-1. The van der Waals surface area contributed by atoms with E-state index in [-0.39, 0.29) is 5.56 Å². The molecular formula is C8H4NO2S2-. The Morgan fingerprint density at radius 3 is 3.00 bits per heavy atom. The van der Waals surface area contributed by atoms with Gasteiger partial charge in [-0.1, -0.05) is 6.07 Å². The van der Waals surface area contributed by atoms with Crippen LogP contribution in [0.25, 0.3) is 10.2 Å². The Balaban J connectivity index is 2.74. The van der Waals surface area contributed by atoms with Gasteiger partial charge in [0.1, 0.15) is 0 Å². The zero-order valence-electron chi connectivity index (χ0n) is 6.37. The summed E-state index contributed by atoms with van der Waals surface area (Å²) in [5, 5.41) is 10.5. The first-order valence-corrected chi connectivity index (χ1v) is 4.73. The van der Waals surface area contributed by atoms with E-state index in [4.69, 9.17) is 12.2 Å². The molecule has 0 radical (unpaired) electrons. The molecule has 0 fully saturated rings. The number of rotatable bonds is 1. The number of fused-ring (bicyclic) bond motifs is 1. The topological polar surface area (TPSA) is 55.9 Å². The Morgan fingerprint density at radius 2 is 2.31 bits per heavy atom. The highest BCUT2D eigenvalue weighted by Crippen LogP contribution is 2.20. The van der Waals surface area contributed by atoms with Crippen molar-refractivity contribution in [3.63, 3.8) is 0 Å². The number of carbonyl (C=O) groups excluding carboxylic acids is 1. The van der Waals surface area contributed by atoms with Crippen molar-refractivity contribution in [2.45, 2.75) is 0 Å². The number of nitrogens with one attached hydrogen (secondary N) is 1. The molecule has 0 spiro atoms. The lowest BCUT2D eigenvalue weighted by Crippen LogP contribution is -2.21. The zero-order valence-corrected chi connectivity index (χ0v) is 8.00. The summed E-state index contributed by atoms with van der Waals surface area (Å²) in [6.45, 7) is 0. The fraction of sp³-hybridized carbons (Fsp3) is 0. The van der Waals surface area contributed by atoms with E-state index in [2.05, 4.69) is 4.98 Å². The quantitative estimate of drug-likeness (QED) is 0.722. The van der Waals surface area contributed by atoms with Crippen molar-refractivity contribution in [2.75, 3.05) is 0 Å². The molecule has 1 heterocycles. The third-order valence-electron chi connectivity index (χ3n) is 1.66. The Hall–Kier alpha value is -1.20. The first kappa shape index (κ1) is 8.40. The van der Waals surface area contributed by atoms with Crippen molar-refractivity contribution in [3.05, 3.63) is 27.7 Å². The van der Waals surface area contributed by atoms with Crippen molar-refractivity contribution in [1.29, 1.82) is 0 Å². The van der Waals surface area contributed by atoms with Crippen LogP contribution in [-0.2, 0) is 0 Å². The van der Waals surface area contributed by atoms with E-state index < -0.39 is 5.97 Å². The number of hydrogen-bond donors (Lipinski definition) is 1. The van der Waals surface area contributed by atoms with Crippen LogP contribution >= 0.6 is 23.6 Å². The number of aromatic carboxylic acids is 1. The summed E-state index contributed by atoms with van der Waals surface area (Å²) in [6, 6.07) is 4.74. The minimum Gasteiger partial charge on any atom is -0.545 e. The fourth-order valence-electron chi connectivity index (χ4n) is 1.07. The molecule has 1 aromatic carbocycles. The third kappa shape index (κ3) is 1.48. The van der Waals surface area contributed by atoms with Crippen molar-refractivity contribution in [1.82, 2.24) is 4.98 Å². The lowest BCUT2D eigenvalue weighted by Gasteiger charge is -2.00. The number of hydrogen-bond acceptors (Lipinski definition) is 4. The summed E-state index contributed by atoms with van der Waals surface area (Å²) < 4.78 is 1.48. The van der Waals surface area contributed by atoms with Gasteiger partial charge in [-0.2, -0.15) is 0 Å². The van der Waals surface area contributed by atoms with Crippen LogP contribution in [0, 0.1) is 3.95 Å². The van der Waals surface area contributed by atoms with E-state index in [1.54, 1.807) is 12.1 Å². The fourth-order valence-corrected chi connectivity index (χ4v) is 2.23. The molecule has 5 heteroatoms. The van der Waals surface area contributed by atoms with Crippen LogP contribution in [0.5, 0.6) is 0 Å². The second kappa shape index (κ2) is 2.93. The van der Waals surface area contributed by atoms with Crippen molar-refractivity contribution in [3.8, 4) is 0 Å². The lowest BCUT2D eigenvalue weighted by molar-refractivity contribution is -0.255. The minimum absolute atomic E-state index is 0.178. The van der Waals surface area contributed by atoms with Crippen LogP contribution in [0.3, 0.4) is 0 Å². The van der Waals surface area contributed by atoms with E-state index in [1.807, 2.05) is 0 Å². The molecule has 0 saturated carbocycles. The van der Waals surface area contributed by atoms with Crippen LogP contribution in [-0.4, -0.2) is 11.0 Å². The predicted octanol–water partition coefficient (Wildman–Crippen LogP) is 1.32. The summed E-state index contributed by atoms with van der Waals surface area (Å²) in [5.41, 5.74) is 1.04. The van der Waals surface area contributed by atoms with Gasteiger partial charge in [-0.25, -0.2) is 0 Å². The van der Waals surface area contributed by atoms with E-state index in [9.17, 15) is 9.90 Å². The first-order chi connectivity index (χ1) is 6.16. The van der Waals surface area contributed by atoms with Crippen LogP contribution < -0.4 is 5.11 Å². The molecule has 0 aliphatic carbocycles. The normalized spacial score (nSPS) is 10.5. The first-order valence-electron chi connectivity index (χ1n) is 3.51. The molecule has 1 aromatic heterocycles. The summed E-state index contributed by atoms with van der Waals surface area (Å²) >= 11 is 6.27. The summed E-state index contributed by atoms with van der Waals surface area (Å²) in [6.07, 6.45) is 0. The highest BCUT2D eigenvalue weighted by Gasteiger charge is 1.99. The number of H-pyrrole nitrogens is 1. The van der Waals surface area contributed by atoms with Gasteiger partial charge in [0.05, 0.1) is 16.2 Å². The molecule has 0 aliphatic rings. The van der Waals surface area contributed by atoms with Crippen molar-refractivity contribution >= 4 is 39.7 Å². The number of aromatic nitrogens is 1. The molecule has 0 amide bonds. The van der Waals surface area contributed by atoms with Gasteiger partial charge in [0.2, 0.25) is 0 Å². The van der Waals surface area contributed by atoms with Crippen LogP contribution in [0.1, 0.15) is 10.4 Å². The SMILES string of the molecule is O=C([O-])c1ccc2[nH]c(=S)sc2c1. The van der Waals surface area contributed by atoms with Gasteiger partial charge in [-0.05, 0) is 29.9 Å². The highest BCUT2D eigenvalue weighted by molar-refractivity contribution is 7.73. The molecule has 1 N–H and O–H groups in total. The van der Waals surface area contributed by atoms with Crippen molar-refractivity contribution in [2.24, 2.45) is 0 Å². The van der Waals surface area contributed by atoms with E-state index in [1.165, 1.54) is 17.4 Å². The van der Waals surface area contributed by atoms with Gasteiger partial charge in [0.15, 0.2) is 3.95 Å². The number of thiazole rings is 1. The van der Waals surface area contributed by atoms with Gasteiger partial charge in [0, 0.05) is 0 Å². The smallest absolute Gasteiger partial charge is 0.159 e. The number of carboxylic acids is 1. The summed E-state index contributed by atoms with van der Waals surface area (Å²) in [4.78, 5) is 13.5. The molecule has 2 aromatic rings. The molecule has 0 aliphatic heterocycles. The second-order valence-electron chi connectivity index (χ2n) is 2.51. The van der Waals surface area contributed by atoms with Gasteiger partial charge >= 0.3 is 0 Å². The Morgan fingerprint density at radius 1 is 1.54 bits per heavy atom. The Kier molecular flexibility index (Phi) is 1.90. The number of aromatic amines is 1. The van der Waals surface area contributed by atoms with Crippen LogP contribution in [0.2, 0.25) is 0 Å².